The van der Waals surface area contributed by atoms with Gasteiger partial charge in [0.05, 0.1) is 12.6 Å². The molecule has 2 saturated carbocycles. The molecular weight excluding hydrogens is 416 g/mol. The van der Waals surface area contributed by atoms with Crippen LogP contribution in [0.1, 0.15) is 26.2 Å². The first-order valence-corrected chi connectivity index (χ1v) is 11.9. The second kappa shape index (κ2) is 8.51. The van der Waals surface area contributed by atoms with E-state index in [1.54, 1.807) is 7.11 Å². The van der Waals surface area contributed by atoms with Gasteiger partial charge in [-0.25, -0.2) is 9.97 Å². The maximum Gasteiger partial charge on any atom is 0.195 e. The Bertz CT molecular complexity index is 1200. The van der Waals surface area contributed by atoms with Crippen LogP contribution in [0.25, 0.3) is 10.9 Å². The Hall–Kier alpha value is -2.99. The van der Waals surface area contributed by atoms with Crippen molar-refractivity contribution in [3.05, 3.63) is 72.6 Å². The fraction of sp³-hybridized carbons (Fsp3) is 0.308. The molecule has 2 aromatic carbocycles. The lowest BCUT2D eigenvalue weighted by molar-refractivity contribution is 0.413. The number of ether oxygens (including phenoxy) is 1. The molecule has 164 valence electrons. The molecule has 2 N–H and O–H groups in total. The first-order chi connectivity index (χ1) is 15.6. The van der Waals surface area contributed by atoms with Crippen LogP contribution in [-0.4, -0.2) is 23.6 Å². The van der Waals surface area contributed by atoms with Gasteiger partial charge in [-0.15, -0.1) is 0 Å². The van der Waals surface area contributed by atoms with E-state index in [1.165, 1.54) is 30.3 Å². The molecule has 0 bridgehead atoms. The van der Waals surface area contributed by atoms with Crippen LogP contribution in [0.4, 0.5) is 5.82 Å². The largest absolute Gasteiger partial charge is 0.497 e. The summed E-state index contributed by atoms with van der Waals surface area (Å²) in [7, 11) is 1.67. The molecule has 0 unspecified atom stereocenters. The topological polar surface area (TPSA) is 59.1 Å². The molecule has 1 heterocycles. The van der Waals surface area contributed by atoms with Gasteiger partial charge in [0.15, 0.2) is 5.16 Å². The molecule has 0 atom stereocenters. The number of nitrogens with zero attached hydrogens (tertiary/aromatic N) is 2. The van der Waals surface area contributed by atoms with Gasteiger partial charge in [-0.3, -0.25) is 0 Å². The smallest absolute Gasteiger partial charge is 0.195 e. The van der Waals surface area contributed by atoms with Gasteiger partial charge >= 0.3 is 0 Å². The van der Waals surface area contributed by atoms with Crippen LogP contribution >= 0.6 is 11.8 Å². The predicted molar refractivity (Wildman–Crippen MR) is 131 cm³/mol. The SMILES string of the molecule is C=C(/C=C(\NCCC)C12CC1C2)Nc1nc(Sc2cccc(OC)c2)nc2ccccc12. The van der Waals surface area contributed by atoms with E-state index in [4.69, 9.17) is 14.7 Å². The summed E-state index contributed by atoms with van der Waals surface area (Å²) < 4.78 is 5.35. The Balaban J connectivity index is 1.42. The second-order valence-electron chi connectivity index (χ2n) is 8.55. The average molecular weight is 445 g/mol. The Morgan fingerprint density at radius 1 is 1.22 bits per heavy atom. The number of methoxy groups -OCH3 is 1. The zero-order valence-electron chi connectivity index (χ0n) is 18.5. The van der Waals surface area contributed by atoms with E-state index in [-0.39, 0.29) is 0 Å². The Labute approximate surface area is 193 Å². The van der Waals surface area contributed by atoms with Gasteiger partial charge in [-0.05, 0) is 73.4 Å². The van der Waals surface area contributed by atoms with Crippen LogP contribution in [-0.2, 0) is 0 Å². The molecule has 32 heavy (non-hydrogen) atoms. The minimum atomic E-state index is 0.404. The van der Waals surface area contributed by atoms with E-state index in [9.17, 15) is 0 Å². The summed E-state index contributed by atoms with van der Waals surface area (Å²) in [5.41, 5.74) is 3.48. The van der Waals surface area contributed by atoms with Gasteiger partial charge < -0.3 is 15.4 Å². The number of hydrogen-bond acceptors (Lipinski definition) is 6. The number of nitrogens with one attached hydrogen (secondary N) is 2. The lowest BCUT2D eigenvalue weighted by Crippen LogP contribution is -2.19. The quantitative estimate of drug-likeness (QED) is 0.295. The summed E-state index contributed by atoms with van der Waals surface area (Å²) in [6.07, 6.45) is 5.90. The molecule has 5 rings (SSSR count). The number of benzene rings is 2. The van der Waals surface area contributed by atoms with E-state index >= 15 is 0 Å². The van der Waals surface area contributed by atoms with Crippen molar-refractivity contribution >= 4 is 28.5 Å². The molecule has 2 aliphatic carbocycles. The maximum absolute atomic E-state index is 5.35. The third-order valence-corrected chi connectivity index (χ3v) is 7.07. The summed E-state index contributed by atoms with van der Waals surface area (Å²) in [4.78, 5) is 10.6. The van der Waals surface area contributed by atoms with Crippen molar-refractivity contribution in [2.75, 3.05) is 19.0 Å². The van der Waals surface area contributed by atoms with E-state index in [1.807, 2.05) is 48.5 Å². The molecule has 0 aliphatic heterocycles. The van der Waals surface area contributed by atoms with Gasteiger partial charge in [0.25, 0.3) is 0 Å². The third kappa shape index (κ3) is 4.19. The van der Waals surface area contributed by atoms with Crippen LogP contribution in [0.5, 0.6) is 5.75 Å². The lowest BCUT2D eigenvalue weighted by atomic mass is 10.1. The molecule has 3 aromatic rings. The molecule has 0 saturated heterocycles. The van der Waals surface area contributed by atoms with Crippen LogP contribution in [0.3, 0.4) is 0 Å². The number of rotatable bonds is 10. The number of allylic oxidation sites excluding steroid dienone is 2. The van der Waals surface area contributed by atoms with Crippen molar-refractivity contribution in [1.29, 1.82) is 0 Å². The zero-order chi connectivity index (χ0) is 22.1. The van der Waals surface area contributed by atoms with Crippen molar-refractivity contribution in [2.45, 2.75) is 36.2 Å². The van der Waals surface area contributed by atoms with Gasteiger partial charge in [-0.2, -0.15) is 0 Å². The zero-order valence-corrected chi connectivity index (χ0v) is 19.3. The standard InChI is InChI=1S/C26H28N4OS/c1-4-12-27-23(26-15-18(26)16-26)13-17(2)28-24-21-10-5-6-11-22(21)29-25(30-24)32-20-9-7-8-19(14-20)31-3/h5-11,13-14,18,27H,2,4,12,15-16H2,1,3H3,(H,28,29,30)/b23-13-. The molecule has 5 nitrogen and oxygen atoms in total. The highest BCUT2D eigenvalue weighted by molar-refractivity contribution is 7.99. The molecule has 6 heteroatoms. The minimum Gasteiger partial charge on any atom is -0.497 e. The predicted octanol–water partition coefficient (Wildman–Crippen LogP) is 6.01. The highest BCUT2D eigenvalue weighted by Crippen LogP contribution is 2.78. The van der Waals surface area contributed by atoms with Crippen LogP contribution < -0.4 is 15.4 Å². The van der Waals surface area contributed by atoms with Gasteiger partial charge in [0, 0.05) is 33.6 Å². The van der Waals surface area contributed by atoms with Crippen molar-refractivity contribution < 1.29 is 4.74 Å². The fourth-order valence-corrected chi connectivity index (χ4v) is 4.91. The maximum atomic E-state index is 5.35. The summed E-state index contributed by atoms with van der Waals surface area (Å²) in [6.45, 7) is 7.48. The normalized spacial score (nSPS) is 21.1. The van der Waals surface area contributed by atoms with Crippen molar-refractivity contribution in [1.82, 2.24) is 15.3 Å². The fourth-order valence-electron chi connectivity index (χ4n) is 4.10. The van der Waals surface area contributed by atoms with E-state index in [0.29, 0.717) is 10.6 Å². The third-order valence-electron chi connectivity index (χ3n) is 6.21. The summed E-state index contributed by atoms with van der Waals surface area (Å²) >= 11 is 1.52. The number of aromatic nitrogens is 2. The summed E-state index contributed by atoms with van der Waals surface area (Å²) in [6, 6.07) is 16.0. The van der Waals surface area contributed by atoms with Gasteiger partial charge in [0.2, 0.25) is 0 Å². The first-order valence-electron chi connectivity index (χ1n) is 11.1. The van der Waals surface area contributed by atoms with E-state index in [0.717, 1.165) is 51.9 Å². The first kappa shape index (κ1) is 20.9. The Morgan fingerprint density at radius 3 is 2.78 bits per heavy atom. The molecule has 1 aromatic heterocycles. The average Bonchev–Trinajstić information content (AvgIpc) is 3.68. The molecule has 0 radical (unpaired) electrons. The van der Waals surface area contributed by atoms with Gasteiger partial charge in [0.1, 0.15) is 11.6 Å². The second-order valence-corrected chi connectivity index (χ2v) is 9.59. The van der Waals surface area contributed by atoms with Crippen LogP contribution in [0.15, 0.2) is 82.6 Å². The van der Waals surface area contributed by atoms with Crippen molar-refractivity contribution in [3.63, 3.8) is 0 Å². The molecule has 0 spiro atoms. The molecular formula is C26H28N4OS. The number of para-hydroxylation sites is 1. The summed E-state index contributed by atoms with van der Waals surface area (Å²) in [5, 5.41) is 8.76. The highest BCUT2D eigenvalue weighted by Gasteiger charge is 2.71. The Kier molecular flexibility index (Phi) is 5.55. The van der Waals surface area contributed by atoms with Crippen LogP contribution in [0.2, 0.25) is 0 Å². The number of anilines is 1. The monoisotopic (exact) mass is 444 g/mol. The van der Waals surface area contributed by atoms with E-state index < -0.39 is 0 Å². The van der Waals surface area contributed by atoms with Crippen molar-refractivity contribution in [2.24, 2.45) is 11.3 Å². The Morgan fingerprint density at radius 2 is 2.03 bits per heavy atom. The number of hydrogen-bond donors (Lipinski definition) is 2. The molecule has 2 fully saturated rings. The molecule has 0 amide bonds. The highest BCUT2D eigenvalue weighted by atomic mass is 32.2. The summed E-state index contributed by atoms with van der Waals surface area (Å²) in [5.74, 6) is 2.46. The minimum absolute atomic E-state index is 0.404. The van der Waals surface area contributed by atoms with Crippen molar-refractivity contribution in [3.8, 4) is 5.75 Å². The lowest BCUT2D eigenvalue weighted by Gasteiger charge is -2.16. The van der Waals surface area contributed by atoms with Gasteiger partial charge in [-0.1, -0.05) is 31.7 Å². The van der Waals surface area contributed by atoms with Crippen LogP contribution in [0, 0.1) is 11.3 Å². The number of fused-ring (bicyclic) bond motifs is 2. The molecule has 2 aliphatic rings. The van der Waals surface area contributed by atoms with E-state index in [2.05, 4.69) is 30.2 Å².